The lowest BCUT2D eigenvalue weighted by Gasteiger charge is -2.01. The molecule has 0 saturated carbocycles. The van der Waals surface area contributed by atoms with Crippen LogP contribution in [-0.2, 0) is 0 Å². The van der Waals surface area contributed by atoms with Crippen molar-refractivity contribution in [3.8, 4) is 0 Å². The number of nitrogens with zero attached hydrogens (tertiary/aromatic N) is 2. The van der Waals surface area contributed by atoms with Gasteiger partial charge < -0.3 is 11.5 Å². The molecular formula is C8H12N4. The van der Waals surface area contributed by atoms with Gasteiger partial charge in [0.2, 0.25) is 0 Å². The summed E-state index contributed by atoms with van der Waals surface area (Å²) in [6, 6.07) is 3.58. The Bertz CT molecular complexity index is 293. The molecule has 0 atom stereocenters. The van der Waals surface area contributed by atoms with Gasteiger partial charge in [-0.15, -0.1) is 0 Å². The minimum atomic E-state index is 0.423. The van der Waals surface area contributed by atoms with Crippen molar-refractivity contribution in [2.45, 2.75) is 6.92 Å². The summed E-state index contributed by atoms with van der Waals surface area (Å²) in [4.78, 5) is 7.93. The summed E-state index contributed by atoms with van der Waals surface area (Å²) in [5.41, 5.74) is 11.9. The van der Waals surface area contributed by atoms with Gasteiger partial charge in [0.05, 0.1) is 5.56 Å². The Labute approximate surface area is 71.3 Å². The molecule has 12 heavy (non-hydrogen) atoms. The fourth-order valence-corrected chi connectivity index (χ4v) is 0.890. The Morgan fingerprint density at radius 3 is 3.00 bits per heavy atom. The van der Waals surface area contributed by atoms with Crippen LogP contribution in [0.5, 0.6) is 0 Å². The van der Waals surface area contributed by atoms with E-state index in [-0.39, 0.29) is 0 Å². The van der Waals surface area contributed by atoms with Crippen molar-refractivity contribution >= 4 is 11.7 Å². The van der Waals surface area contributed by atoms with Crippen LogP contribution >= 0.6 is 0 Å². The second kappa shape index (κ2) is 3.71. The largest absolute Gasteiger partial charge is 0.383 e. The average molecular weight is 164 g/mol. The standard InChI is InChI=1S/C8H12N4/c1-2-11-7(9)6-4-3-5-12-8(6)10/h3-5H,2H2,1H3,(H2,9,11)(H2,10,12). The Morgan fingerprint density at radius 1 is 1.67 bits per heavy atom. The van der Waals surface area contributed by atoms with Crippen molar-refractivity contribution in [2.24, 2.45) is 10.7 Å². The SMILES string of the molecule is CCN=C(N)c1cccnc1N. The predicted octanol–water partition coefficient (Wildman–Crippen LogP) is 0.389. The van der Waals surface area contributed by atoms with E-state index in [1.54, 1.807) is 18.3 Å². The fraction of sp³-hybridized carbons (Fsp3) is 0.250. The summed E-state index contributed by atoms with van der Waals surface area (Å²) in [5, 5.41) is 0. The third-order valence-corrected chi connectivity index (χ3v) is 1.44. The molecule has 0 aliphatic carbocycles. The number of amidine groups is 1. The van der Waals surface area contributed by atoms with Crippen LogP contribution in [0.15, 0.2) is 23.3 Å². The van der Waals surface area contributed by atoms with Gasteiger partial charge in [-0.1, -0.05) is 0 Å². The Morgan fingerprint density at radius 2 is 2.42 bits per heavy atom. The van der Waals surface area contributed by atoms with Gasteiger partial charge in [0.15, 0.2) is 0 Å². The van der Waals surface area contributed by atoms with Crippen molar-refractivity contribution in [3.05, 3.63) is 23.9 Å². The van der Waals surface area contributed by atoms with E-state index < -0.39 is 0 Å². The number of pyridine rings is 1. The molecule has 1 aromatic heterocycles. The number of hydrogen-bond donors (Lipinski definition) is 2. The fourth-order valence-electron chi connectivity index (χ4n) is 0.890. The van der Waals surface area contributed by atoms with Gasteiger partial charge in [0.25, 0.3) is 0 Å². The molecule has 4 nitrogen and oxygen atoms in total. The van der Waals surface area contributed by atoms with Crippen molar-refractivity contribution < 1.29 is 0 Å². The molecule has 1 rings (SSSR count). The molecule has 1 aromatic rings. The van der Waals surface area contributed by atoms with Gasteiger partial charge in [0.1, 0.15) is 11.7 Å². The van der Waals surface area contributed by atoms with E-state index in [4.69, 9.17) is 11.5 Å². The van der Waals surface area contributed by atoms with Crippen LogP contribution in [0, 0.1) is 0 Å². The number of hydrogen-bond acceptors (Lipinski definition) is 3. The minimum Gasteiger partial charge on any atom is -0.383 e. The van der Waals surface area contributed by atoms with Gasteiger partial charge in [-0.05, 0) is 19.1 Å². The molecule has 0 fully saturated rings. The molecule has 1 heterocycles. The summed E-state index contributed by atoms with van der Waals surface area (Å²) in [7, 11) is 0. The second-order valence-electron chi connectivity index (χ2n) is 2.30. The van der Waals surface area contributed by atoms with Crippen LogP contribution in [0.3, 0.4) is 0 Å². The van der Waals surface area contributed by atoms with Gasteiger partial charge in [-0.25, -0.2) is 4.98 Å². The molecule has 0 spiro atoms. The van der Waals surface area contributed by atoms with Crippen LogP contribution < -0.4 is 11.5 Å². The van der Waals surface area contributed by atoms with Crippen LogP contribution in [-0.4, -0.2) is 17.4 Å². The third-order valence-electron chi connectivity index (χ3n) is 1.44. The molecule has 0 aliphatic heterocycles. The lowest BCUT2D eigenvalue weighted by molar-refractivity contribution is 1.12. The topological polar surface area (TPSA) is 77.3 Å². The summed E-state index contributed by atoms with van der Waals surface area (Å²) in [6.45, 7) is 2.57. The number of anilines is 1. The molecule has 4 N–H and O–H groups in total. The van der Waals surface area contributed by atoms with Gasteiger partial charge in [0, 0.05) is 12.7 Å². The first-order chi connectivity index (χ1) is 5.75. The summed E-state index contributed by atoms with van der Waals surface area (Å²) in [6.07, 6.45) is 1.62. The normalized spacial score (nSPS) is 11.6. The van der Waals surface area contributed by atoms with Crippen LogP contribution in [0.2, 0.25) is 0 Å². The lowest BCUT2D eigenvalue weighted by atomic mass is 10.2. The molecular weight excluding hydrogens is 152 g/mol. The molecule has 0 aromatic carbocycles. The van der Waals surface area contributed by atoms with E-state index >= 15 is 0 Å². The maximum Gasteiger partial charge on any atom is 0.134 e. The highest BCUT2D eigenvalue weighted by molar-refractivity contribution is 6.01. The molecule has 0 amide bonds. The van der Waals surface area contributed by atoms with Gasteiger partial charge in [-0.2, -0.15) is 0 Å². The van der Waals surface area contributed by atoms with Gasteiger partial charge in [-0.3, -0.25) is 4.99 Å². The first-order valence-electron chi connectivity index (χ1n) is 3.76. The zero-order valence-corrected chi connectivity index (χ0v) is 6.99. The van der Waals surface area contributed by atoms with E-state index in [2.05, 4.69) is 9.98 Å². The van der Waals surface area contributed by atoms with Crippen molar-refractivity contribution in [1.82, 2.24) is 4.98 Å². The third kappa shape index (κ3) is 1.72. The number of aromatic nitrogens is 1. The average Bonchev–Trinajstić information content (AvgIpc) is 2.05. The highest BCUT2D eigenvalue weighted by atomic mass is 14.9. The molecule has 0 aliphatic rings. The van der Waals surface area contributed by atoms with E-state index in [0.29, 0.717) is 23.8 Å². The van der Waals surface area contributed by atoms with Crippen molar-refractivity contribution in [2.75, 3.05) is 12.3 Å². The molecule has 64 valence electrons. The Hall–Kier alpha value is -1.58. The summed E-state index contributed by atoms with van der Waals surface area (Å²) in [5.74, 6) is 0.871. The molecule has 0 unspecified atom stereocenters. The van der Waals surface area contributed by atoms with Crippen molar-refractivity contribution in [1.29, 1.82) is 0 Å². The molecule has 0 saturated heterocycles. The van der Waals surface area contributed by atoms with Gasteiger partial charge >= 0.3 is 0 Å². The van der Waals surface area contributed by atoms with Crippen LogP contribution in [0.1, 0.15) is 12.5 Å². The van der Waals surface area contributed by atoms with Crippen molar-refractivity contribution in [3.63, 3.8) is 0 Å². The molecule has 0 radical (unpaired) electrons. The molecule has 4 heteroatoms. The van der Waals surface area contributed by atoms with Crippen LogP contribution in [0.4, 0.5) is 5.82 Å². The highest BCUT2D eigenvalue weighted by Gasteiger charge is 2.01. The number of nitrogens with two attached hydrogens (primary N) is 2. The quantitative estimate of drug-likeness (QED) is 0.490. The number of rotatable bonds is 2. The maximum atomic E-state index is 5.64. The van der Waals surface area contributed by atoms with E-state index in [1.165, 1.54) is 0 Å². The highest BCUT2D eigenvalue weighted by Crippen LogP contribution is 2.05. The molecule has 0 bridgehead atoms. The monoisotopic (exact) mass is 164 g/mol. The van der Waals surface area contributed by atoms with Crippen LogP contribution in [0.25, 0.3) is 0 Å². The second-order valence-corrected chi connectivity index (χ2v) is 2.30. The smallest absolute Gasteiger partial charge is 0.134 e. The van der Waals surface area contributed by atoms with E-state index in [0.717, 1.165) is 0 Å². The maximum absolute atomic E-state index is 5.64. The Balaban J connectivity index is 3.02. The summed E-state index contributed by atoms with van der Waals surface area (Å²) < 4.78 is 0. The number of nitrogen functional groups attached to an aromatic ring is 1. The lowest BCUT2D eigenvalue weighted by Crippen LogP contribution is -2.16. The van der Waals surface area contributed by atoms with E-state index in [1.807, 2.05) is 6.92 Å². The first kappa shape index (κ1) is 8.52. The zero-order valence-electron chi connectivity index (χ0n) is 6.99. The zero-order chi connectivity index (χ0) is 8.97. The predicted molar refractivity (Wildman–Crippen MR) is 49.9 cm³/mol. The number of aliphatic imine (C=N–C) groups is 1. The first-order valence-corrected chi connectivity index (χ1v) is 3.76. The Kier molecular flexibility index (Phi) is 2.63. The summed E-state index contributed by atoms with van der Waals surface area (Å²) >= 11 is 0. The van der Waals surface area contributed by atoms with E-state index in [9.17, 15) is 0 Å². The minimum absolute atomic E-state index is 0.423.